The molecule has 0 aliphatic carbocycles. The maximum atomic E-state index is 4.02. The summed E-state index contributed by atoms with van der Waals surface area (Å²) in [6.45, 7) is 0. The van der Waals surface area contributed by atoms with Gasteiger partial charge in [-0.25, -0.2) is 0 Å². The standard InChI is InChI=1S/C78H48N6/c1-9-28-69-53(20-1)54-21-2-10-29-70(54)81(69)49-36-38-67-63(41-49)65-45-51(83-73-32-13-5-24-57(73)58-25-6-14-33-74(58)83)43-61(77(65)79-67)47-18-17-19-48(40-47)62-44-52(84-75-34-15-7-26-59(75)60-27-8-16-35-76(60)84)46-66-64-42-50(37-39-68(64)80-78(62)66)82-71-30-11-3-22-55(71)56-23-4-12-31-72(56)82/h1-46,79-80H. The van der Waals surface area contributed by atoms with Gasteiger partial charge in [-0.3, -0.25) is 0 Å². The van der Waals surface area contributed by atoms with Gasteiger partial charge >= 0.3 is 0 Å². The number of rotatable bonds is 6. The highest BCUT2D eigenvalue weighted by Crippen LogP contribution is 2.45. The number of aromatic nitrogens is 6. The Morgan fingerprint density at radius 2 is 0.452 bits per heavy atom. The van der Waals surface area contributed by atoms with E-state index in [0.717, 1.165) is 77.8 Å². The number of hydrogen-bond acceptors (Lipinski definition) is 0. The number of nitrogens with one attached hydrogen (secondary N) is 2. The van der Waals surface area contributed by atoms with Crippen LogP contribution in [0.4, 0.5) is 0 Å². The van der Waals surface area contributed by atoms with Crippen molar-refractivity contribution < 1.29 is 0 Å². The van der Waals surface area contributed by atoms with Crippen molar-refractivity contribution in [2.75, 3.05) is 0 Å². The number of H-pyrrole nitrogens is 2. The van der Waals surface area contributed by atoms with Crippen LogP contribution in [0.1, 0.15) is 0 Å². The molecule has 0 radical (unpaired) electrons. The summed E-state index contributed by atoms with van der Waals surface area (Å²) < 4.78 is 9.77. The minimum absolute atomic E-state index is 1.09. The lowest BCUT2D eigenvalue weighted by Gasteiger charge is -2.15. The van der Waals surface area contributed by atoms with E-state index < -0.39 is 0 Å². The zero-order valence-electron chi connectivity index (χ0n) is 45.3. The fourth-order valence-electron chi connectivity index (χ4n) is 14.6. The number of aromatic amines is 2. The van der Waals surface area contributed by atoms with Gasteiger partial charge in [0.2, 0.25) is 0 Å². The topological polar surface area (TPSA) is 51.3 Å². The molecule has 390 valence electrons. The Morgan fingerprint density at radius 3 is 0.750 bits per heavy atom. The maximum absolute atomic E-state index is 4.02. The van der Waals surface area contributed by atoms with Crippen LogP contribution in [0.5, 0.6) is 0 Å². The number of benzene rings is 13. The molecule has 19 rings (SSSR count). The Labute approximate surface area is 480 Å². The lowest BCUT2D eigenvalue weighted by Crippen LogP contribution is -1.96. The number of hydrogen-bond donors (Lipinski definition) is 2. The molecule has 0 aliphatic rings. The third kappa shape index (κ3) is 6.33. The normalized spacial score (nSPS) is 12.3. The summed E-state index contributed by atoms with van der Waals surface area (Å²) in [5, 5.41) is 14.6. The monoisotopic (exact) mass is 1070 g/mol. The van der Waals surface area contributed by atoms with E-state index in [1.54, 1.807) is 0 Å². The molecule has 0 atom stereocenters. The molecular weight excluding hydrogens is 1020 g/mol. The highest BCUT2D eigenvalue weighted by molar-refractivity contribution is 6.19. The molecule has 6 heteroatoms. The summed E-state index contributed by atoms with van der Waals surface area (Å²) in [4.78, 5) is 8.03. The van der Waals surface area contributed by atoms with Gasteiger partial charge in [-0.15, -0.1) is 0 Å². The molecule has 0 fully saturated rings. The van der Waals surface area contributed by atoms with Crippen molar-refractivity contribution in [1.82, 2.24) is 28.2 Å². The second-order valence-electron chi connectivity index (χ2n) is 22.6. The number of nitrogens with zero attached hydrogens (tertiary/aromatic N) is 4. The van der Waals surface area contributed by atoms with E-state index in [1.807, 2.05) is 0 Å². The summed E-state index contributed by atoms with van der Waals surface area (Å²) in [5.74, 6) is 0. The van der Waals surface area contributed by atoms with Crippen molar-refractivity contribution in [2.45, 2.75) is 0 Å². The number of para-hydroxylation sites is 8. The quantitative estimate of drug-likeness (QED) is 0.167. The minimum Gasteiger partial charge on any atom is -0.354 e. The highest BCUT2D eigenvalue weighted by Gasteiger charge is 2.23. The van der Waals surface area contributed by atoms with Gasteiger partial charge in [0.15, 0.2) is 0 Å². The SMILES string of the molecule is c1cc(-c2cc(-n3c4ccccc4c4ccccc43)cc3c2[nH]c2ccc(-n4c5ccccc5c5ccccc54)cc23)cc(-c2cc(-n3c4ccccc4c4ccccc43)cc3c2[nH]c2ccc(-n4c5ccccc5c5ccccc54)cc23)c1. The Bertz CT molecular complexity index is 5430. The van der Waals surface area contributed by atoms with Crippen molar-refractivity contribution in [2.24, 2.45) is 0 Å². The van der Waals surface area contributed by atoms with Crippen molar-refractivity contribution in [3.05, 3.63) is 279 Å². The van der Waals surface area contributed by atoms with Gasteiger partial charge in [-0.1, -0.05) is 164 Å². The molecule has 6 heterocycles. The molecular formula is C78H48N6. The summed E-state index contributed by atoms with van der Waals surface area (Å²) >= 11 is 0. The van der Waals surface area contributed by atoms with Crippen LogP contribution in [0.2, 0.25) is 0 Å². The Morgan fingerprint density at radius 1 is 0.190 bits per heavy atom. The first kappa shape index (κ1) is 45.4. The largest absolute Gasteiger partial charge is 0.354 e. The van der Waals surface area contributed by atoms with Gasteiger partial charge in [-0.2, -0.15) is 0 Å². The van der Waals surface area contributed by atoms with Crippen LogP contribution >= 0.6 is 0 Å². The third-order valence-corrected chi connectivity index (χ3v) is 18.2. The Kier molecular flexibility index (Phi) is 9.24. The first-order chi connectivity index (χ1) is 41.7. The van der Waals surface area contributed by atoms with Gasteiger partial charge in [0.1, 0.15) is 0 Å². The maximum Gasteiger partial charge on any atom is 0.0546 e. The van der Waals surface area contributed by atoms with Crippen LogP contribution in [0.3, 0.4) is 0 Å². The van der Waals surface area contributed by atoms with E-state index in [9.17, 15) is 0 Å². The average molecular weight is 1070 g/mol. The van der Waals surface area contributed by atoms with Gasteiger partial charge in [0, 0.05) is 110 Å². The zero-order valence-corrected chi connectivity index (χ0v) is 45.3. The van der Waals surface area contributed by atoms with Gasteiger partial charge < -0.3 is 28.2 Å². The van der Waals surface area contributed by atoms with E-state index in [-0.39, 0.29) is 0 Å². The summed E-state index contributed by atoms with van der Waals surface area (Å²) in [6, 6.07) is 103. The summed E-state index contributed by atoms with van der Waals surface area (Å²) in [7, 11) is 0. The number of fused-ring (bicyclic) bond motifs is 18. The predicted octanol–water partition coefficient (Wildman–Crippen LogP) is 20.7. The van der Waals surface area contributed by atoms with Gasteiger partial charge in [0.05, 0.1) is 55.2 Å². The molecule has 0 bridgehead atoms. The second-order valence-corrected chi connectivity index (χ2v) is 22.6. The van der Waals surface area contributed by atoms with Crippen LogP contribution in [-0.2, 0) is 0 Å². The van der Waals surface area contributed by atoms with E-state index >= 15 is 0 Å². The molecule has 13 aromatic carbocycles. The molecule has 0 amide bonds. The van der Waals surface area contributed by atoms with E-state index in [1.165, 1.54) is 98.0 Å². The second kappa shape index (κ2) is 17.1. The molecule has 0 spiro atoms. The molecule has 84 heavy (non-hydrogen) atoms. The van der Waals surface area contributed by atoms with Gasteiger partial charge in [0.25, 0.3) is 0 Å². The molecule has 19 aromatic rings. The molecule has 0 aliphatic heterocycles. The van der Waals surface area contributed by atoms with Gasteiger partial charge in [-0.05, 0) is 126 Å². The average Bonchev–Trinajstić information content (AvgIpc) is 3.16. The van der Waals surface area contributed by atoms with Crippen molar-refractivity contribution in [3.63, 3.8) is 0 Å². The van der Waals surface area contributed by atoms with Crippen LogP contribution in [0, 0.1) is 0 Å². The van der Waals surface area contributed by atoms with Crippen LogP contribution in [0.15, 0.2) is 279 Å². The molecule has 0 saturated heterocycles. The molecule has 6 nitrogen and oxygen atoms in total. The molecule has 2 N–H and O–H groups in total. The summed E-state index contributed by atoms with van der Waals surface area (Å²) in [5.41, 5.74) is 22.8. The zero-order chi connectivity index (χ0) is 54.7. The minimum atomic E-state index is 1.09. The fourth-order valence-corrected chi connectivity index (χ4v) is 14.6. The molecule has 6 aromatic heterocycles. The summed E-state index contributed by atoms with van der Waals surface area (Å²) in [6.07, 6.45) is 0. The van der Waals surface area contributed by atoms with Crippen LogP contribution < -0.4 is 0 Å². The fraction of sp³-hybridized carbons (Fsp3) is 0. The Balaban J connectivity index is 0.870. The highest BCUT2D eigenvalue weighted by atomic mass is 15.0. The van der Waals surface area contributed by atoms with Crippen LogP contribution in [-0.4, -0.2) is 28.2 Å². The predicted molar refractivity (Wildman–Crippen MR) is 353 cm³/mol. The van der Waals surface area contributed by atoms with Crippen LogP contribution in [0.25, 0.3) is 176 Å². The van der Waals surface area contributed by atoms with Crippen molar-refractivity contribution in [1.29, 1.82) is 0 Å². The third-order valence-electron chi connectivity index (χ3n) is 18.2. The Hall–Kier alpha value is -11.3. The van der Waals surface area contributed by atoms with Crippen molar-refractivity contribution in [3.8, 4) is 45.0 Å². The first-order valence-electron chi connectivity index (χ1n) is 28.9. The lowest BCUT2D eigenvalue weighted by atomic mass is 9.95. The molecule has 0 unspecified atom stereocenters. The van der Waals surface area contributed by atoms with E-state index in [2.05, 4.69) is 307 Å². The van der Waals surface area contributed by atoms with Crippen molar-refractivity contribution >= 4 is 131 Å². The van der Waals surface area contributed by atoms with E-state index in [4.69, 9.17) is 0 Å². The van der Waals surface area contributed by atoms with E-state index in [0.29, 0.717) is 0 Å². The first-order valence-corrected chi connectivity index (χ1v) is 28.9. The molecule has 0 saturated carbocycles. The lowest BCUT2D eigenvalue weighted by molar-refractivity contribution is 1.18. The smallest absolute Gasteiger partial charge is 0.0546 e.